The maximum absolute atomic E-state index is 14.1. The van der Waals surface area contributed by atoms with Gasteiger partial charge in [-0.25, -0.2) is 8.78 Å². The molecule has 0 heterocycles. The third-order valence-corrected chi connectivity index (χ3v) is 3.77. The van der Waals surface area contributed by atoms with Gasteiger partial charge in [0.25, 0.3) is 0 Å². The average molecular weight is 398 g/mol. The number of benzene rings is 1. The summed E-state index contributed by atoms with van der Waals surface area (Å²) in [6, 6.07) is 4.89. The monoisotopic (exact) mass is 398 g/mol. The van der Waals surface area contributed by atoms with Crippen LogP contribution < -0.4 is 0 Å². The number of ether oxygens (including phenoxy) is 1. The van der Waals surface area contributed by atoms with Crippen molar-refractivity contribution in [2.45, 2.75) is 13.8 Å². The van der Waals surface area contributed by atoms with Gasteiger partial charge >= 0.3 is 0 Å². The van der Waals surface area contributed by atoms with Gasteiger partial charge in [-0.3, -0.25) is 0 Å². The molecule has 29 heavy (non-hydrogen) atoms. The van der Waals surface area contributed by atoms with Crippen LogP contribution in [-0.4, -0.2) is 6.61 Å². The Morgan fingerprint density at radius 1 is 1.00 bits per heavy atom. The summed E-state index contributed by atoms with van der Waals surface area (Å²) in [5.41, 5.74) is 1.60. The van der Waals surface area contributed by atoms with Crippen molar-refractivity contribution in [1.82, 2.24) is 0 Å². The Morgan fingerprint density at radius 2 is 1.69 bits per heavy atom. The van der Waals surface area contributed by atoms with Gasteiger partial charge in [-0.15, -0.1) is 0 Å². The highest BCUT2D eigenvalue weighted by Crippen LogP contribution is 2.27. The molecule has 0 spiro atoms. The van der Waals surface area contributed by atoms with Crippen molar-refractivity contribution in [3.8, 4) is 0 Å². The van der Waals surface area contributed by atoms with Crippen molar-refractivity contribution < 1.29 is 17.9 Å². The van der Waals surface area contributed by atoms with Crippen molar-refractivity contribution in [1.29, 1.82) is 0 Å². The molecule has 0 aliphatic rings. The summed E-state index contributed by atoms with van der Waals surface area (Å²) >= 11 is 0. The SMILES string of the molecule is C=C(/C=C\C(=C)C(=C)/C(F)=C(/F)C(=C)OCC)/C=C/c1ccc(/C=C/C)cc1F. The lowest BCUT2D eigenvalue weighted by atomic mass is 10.1. The van der Waals surface area contributed by atoms with Crippen LogP contribution in [0.5, 0.6) is 0 Å². The molecule has 0 fully saturated rings. The molecule has 0 amide bonds. The fraction of sp³-hybridized carbons (Fsp3) is 0.120. The van der Waals surface area contributed by atoms with Gasteiger partial charge in [0, 0.05) is 11.1 Å². The van der Waals surface area contributed by atoms with E-state index in [9.17, 15) is 13.2 Å². The van der Waals surface area contributed by atoms with E-state index in [0.29, 0.717) is 11.1 Å². The number of hydrogen-bond acceptors (Lipinski definition) is 1. The highest BCUT2D eigenvalue weighted by Gasteiger charge is 2.15. The van der Waals surface area contributed by atoms with Crippen molar-refractivity contribution in [2.24, 2.45) is 0 Å². The minimum absolute atomic E-state index is 0.151. The maximum Gasteiger partial charge on any atom is 0.200 e. The molecule has 1 aromatic carbocycles. The van der Waals surface area contributed by atoms with Gasteiger partial charge in [-0.05, 0) is 36.6 Å². The molecule has 0 saturated carbocycles. The van der Waals surface area contributed by atoms with Gasteiger partial charge in [-0.2, -0.15) is 4.39 Å². The summed E-state index contributed by atoms with van der Waals surface area (Å²) in [4.78, 5) is 0. The Balaban J connectivity index is 2.82. The quantitative estimate of drug-likeness (QED) is 0.289. The van der Waals surface area contributed by atoms with Gasteiger partial charge in [0.1, 0.15) is 5.82 Å². The zero-order valence-electron chi connectivity index (χ0n) is 16.8. The largest absolute Gasteiger partial charge is 0.491 e. The summed E-state index contributed by atoms with van der Waals surface area (Å²) in [7, 11) is 0. The van der Waals surface area contributed by atoms with Crippen molar-refractivity contribution in [3.63, 3.8) is 0 Å². The third kappa shape index (κ3) is 7.34. The highest BCUT2D eigenvalue weighted by atomic mass is 19.2. The van der Waals surface area contributed by atoms with E-state index in [1.54, 1.807) is 43.4 Å². The molecule has 1 rings (SSSR count). The molecule has 0 aliphatic carbocycles. The van der Waals surface area contributed by atoms with Crippen LogP contribution in [0.15, 0.2) is 103 Å². The summed E-state index contributed by atoms with van der Waals surface area (Å²) < 4.78 is 46.9. The van der Waals surface area contributed by atoms with Crippen molar-refractivity contribution >= 4 is 12.2 Å². The number of hydrogen-bond donors (Lipinski definition) is 0. The third-order valence-electron chi connectivity index (χ3n) is 3.77. The lowest BCUT2D eigenvalue weighted by Gasteiger charge is -2.08. The minimum Gasteiger partial charge on any atom is -0.491 e. The Morgan fingerprint density at radius 3 is 2.28 bits per heavy atom. The van der Waals surface area contributed by atoms with Gasteiger partial charge in [0.15, 0.2) is 11.6 Å². The molecule has 152 valence electrons. The van der Waals surface area contributed by atoms with Crippen molar-refractivity contribution in [3.05, 3.63) is 120 Å². The second kappa shape index (κ2) is 11.5. The average Bonchev–Trinajstić information content (AvgIpc) is 2.70. The molecule has 0 aromatic heterocycles. The number of halogens is 3. The van der Waals surface area contributed by atoms with E-state index in [0.717, 1.165) is 5.56 Å². The normalized spacial score (nSPS) is 12.4. The highest BCUT2D eigenvalue weighted by molar-refractivity contribution is 5.59. The smallest absolute Gasteiger partial charge is 0.200 e. The van der Waals surface area contributed by atoms with E-state index >= 15 is 0 Å². The first-order valence-corrected chi connectivity index (χ1v) is 8.94. The zero-order chi connectivity index (χ0) is 22.0. The molecule has 4 heteroatoms. The zero-order valence-corrected chi connectivity index (χ0v) is 16.8. The van der Waals surface area contributed by atoms with Gasteiger partial charge in [0.05, 0.1) is 6.61 Å². The van der Waals surface area contributed by atoms with Crippen LogP contribution in [0.1, 0.15) is 25.0 Å². The summed E-state index contributed by atoms with van der Waals surface area (Å²) in [5, 5.41) is 0. The molecular weight excluding hydrogens is 373 g/mol. The maximum atomic E-state index is 14.1. The van der Waals surface area contributed by atoms with E-state index in [2.05, 4.69) is 26.3 Å². The predicted octanol–water partition coefficient (Wildman–Crippen LogP) is 7.80. The van der Waals surface area contributed by atoms with Gasteiger partial charge in [-0.1, -0.05) is 74.9 Å². The van der Waals surface area contributed by atoms with Gasteiger partial charge in [0.2, 0.25) is 5.83 Å². The van der Waals surface area contributed by atoms with E-state index < -0.39 is 17.4 Å². The molecule has 0 radical (unpaired) electrons. The van der Waals surface area contributed by atoms with Crippen LogP contribution in [0, 0.1) is 5.82 Å². The molecular formula is C25H25F3O. The lowest BCUT2D eigenvalue weighted by Crippen LogP contribution is -1.95. The Kier molecular flexibility index (Phi) is 9.46. The molecule has 0 aliphatic heterocycles. The molecule has 0 unspecified atom stereocenters. The first-order valence-electron chi connectivity index (χ1n) is 8.94. The number of rotatable bonds is 10. The Bertz CT molecular complexity index is 927. The van der Waals surface area contributed by atoms with Crippen LogP contribution in [0.2, 0.25) is 0 Å². The standard InChI is InChI=1S/C25H25F3O/c1-7-9-21-13-15-22(23(26)16-21)14-11-17(3)10-12-18(4)19(5)24(27)25(28)20(6)29-8-2/h7,9-16H,3-6,8H2,1-2H3/b9-7+,12-10-,14-11+,25-24-. The van der Waals surface area contributed by atoms with Crippen LogP contribution in [0.3, 0.4) is 0 Å². The van der Waals surface area contributed by atoms with E-state index in [-0.39, 0.29) is 23.6 Å². The first-order chi connectivity index (χ1) is 13.7. The van der Waals surface area contributed by atoms with Crippen LogP contribution in [-0.2, 0) is 4.74 Å². The molecule has 0 bridgehead atoms. The lowest BCUT2D eigenvalue weighted by molar-refractivity contribution is 0.224. The van der Waals surface area contributed by atoms with Crippen LogP contribution in [0.25, 0.3) is 12.2 Å². The van der Waals surface area contributed by atoms with E-state index in [4.69, 9.17) is 4.74 Å². The summed E-state index contributed by atoms with van der Waals surface area (Å²) in [5.74, 6) is -3.18. The molecule has 1 nitrogen and oxygen atoms in total. The molecule has 0 atom stereocenters. The summed E-state index contributed by atoms with van der Waals surface area (Å²) in [6.45, 7) is 18.0. The Labute approximate surface area is 170 Å². The van der Waals surface area contributed by atoms with Crippen LogP contribution >= 0.6 is 0 Å². The fourth-order valence-electron chi connectivity index (χ4n) is 2.17. The van der Waals surface area contributed by atoms with Crippen LogP contribution in [0.4, 0.5) is 13.2 Å². The van der Waals surface area contributed by atoms with Crippen molar-refractivity contribution in [2.75, 3.05) is 6.61 Å². The van der Waals surface area contributed by atoms with Gasteiger partial charge < -0.3 is 4.74 Å². The Hall–Kier alpha value is -3.27. The minimum atomic E-state index is -1.22. The number of allylic oxidation sites excluding steroid dienone is 9. The fourth-order valence-corrected chi connectivity index (χ4v) is 2.17. The second-order valence-electron chi connectivity index (χ2n) is 6.01. The molecule has 0 saturated heterocycles. The second-order valence-corrected chi connectivity index (χ2v) is 6.01. The topological polar surface area (TPSA) is 9.23 Å². The van der Waals surface area contributed by atoms with E-state index in [1.165, 1.54) is 12.1 Å². The molecule has 0 N–H and O–H groups in total. The van der Waals surface area contributed by atoms with E-state index in [1.807, 2.05) is 13.0 Å². The molecule has 1 aromatic rings. The first kappa shape index (κ1) is 23.8. The predicted molar refractivity (Wildman–Crippen MR) is 117 cm³/mol. The summed E-state index contributed by atoms with van der Waals surface area (Å²) in [6.07, 6.45) is 9.79.